The van der Waals surface area contributed by atoms with Crippen molar-refractivity contribution < 1.29 is 9.59 Å². The number of benzene rings is 2. The highest BCUT2D eigenvalue weighted by molar-refractivity contribution is 5.92. The Hall–Kier alpha value is -2.88. The summed E-state index contributed by atoms with van der Waals surface area (Å²) < 4.78 is 0. The Morgan fingerprint density at radius 3 is 2.52 bits per heavy atom. The first-order valence-corrected chi connectivity index (χ1v) is 9.47. The van der Waals surface area contributed by atoms with Crippen LogP contribution in [0.1, 0.15) is 29.5 Å². The molecule has 0 unspecified atom stereocenters. The zero-order valence-electron chi connectivity index (χ0n) is 15.7. The Kier molecular flexibility index (Phi) is 6.42. The van der Waals surface area contributed by atoms with Gasteiger partial charge in [0.05, 0.1) is 0 Å². The quantitative estimate of drug-likeness (QED) is 0.827. The van der Waals surface area contributed by atoms with E-state index in [0.717, 1.165) is 11.1 Å². The van der Waals surface area contributed by atoms with Gasteiger partial charge < -0.3 is 10.2 Å². The van der Waals surface area contributed by atoms with E-state index in [1.165, 1.54) is 5.56 Å². The number of amides is 2. The summed E-state index contributed by atoms with van der Waals surface area (Å²) in [4.78, 5) is 26.6. The topological polar surface area (TPSA) is 49.4 Å². The fourth-order valence-electron chi connectivity index (χ4n) is 3.34. The van der Waals surface area contributed by atoms with Crippen molar-refractivity contribution in [3.8, 4) is 0 Å². The van der Waals surface area contributed by atoms with Crippen molar-refractivity contribution >= 4 is 17.9 Å². The maximum absolute atomic E-state index is 12.4. The first-order valence-electron chi connectivity index (χ1n) is 9.47. The van der Waals surface area contributed by atoms with Gasteiger partial charge in [-0.1, -0.05) is 60.2 Å². The largest absolute Gasteiger partial charge is 0.352 e. The number of likely N-dealkylation sites (tertiary alicyclic amines) is 1. The molecule has 0 radical (unpaired) electrons. The number of aryl methyl sites for hydroxylation is 1. The Morgan fingerprint density at radius 1 is 1.07 bits per heavy atom. The molecule has 2 aromatic carbocycles. The second kappa shape index (κ2) is 9.17. The van der Waals surface area contributed by atoms with Gasteiger partial charge in [0.15, 0.2) is 0 Å². The van der Waals surface area contributed by atoms with Gasteiger partial charge in [-0.15, -0.1) is 0 Å². The number of nitrogens with one attached hydrogen (secondary N) is 1. The van der Waals surface area contributed by atoms with Crippen molar-refractivity contribution in [2.24, 2.45) is 5.92 Å². The molecule has 2 amide bonds. The predicted molar refractivity (Wildman–Crippen MR) is 108 cm³/mol. The van der Waals surface area contributed by atoms with Crippen LogP contribution in [0.3, 0.4) is 0 Å². The van der Waals surface area contributed by atoms with Crippen molar-refractivity contribution in [1.82, 2.24) is 10.2 Å². The van der Waals surface area contributed by atoms with Crippen LogP contribution in [0, 0.1) is 12.8 Å². The second-order valence-corrected chi connectivity index (χ2v) is 7.05. The molecule has 1 heterocycles. The van der Waals surface area contributed by atoms with E-state index in [1.54, 1.807) is 6.08 Å². The van der Waals surface area contributed by atoms with Crippen LogP contribution in [-0.2, 0) is 16.1 Å². The molecule has 2 aromatic rings. The Balaban J connectivity index is 1.45. The lowest BCUT2D eigenvalue weighted by Crippen LogP contribution is -2.42. The maximum Gasteiger partial charge on any atom is 0.246 e. The molecule has 0 aromatic heterocycles. The molecule has 1 N–H and O–H groups in total. The minimum absolute atomic E-state index is 0.0136. The van der Waals surface area contributed by atoms with Crippen LogP contribution in [0.4, 0.5) is 0 Å². The molecule has 1 aliphatic heterocycles. The molecule has 0 atom stereocenters. The standard InChI is InChI=1S/C23H26N2O2/c1-18-6-5-9-19(16-18)10-11-22(26)25-14-12-21(13-15-25)23(27)24-17-20-7-3-2-4-8-20/h2-11,16,21H,12-15,17H2,1H3,(H,24,27)/b11-10+. The Morgan fingerprint density at radius 2 is 1.81 bits per heavy atom. The van der Waals surface area contributed by atoms with Crippen LogP contribution in [0.15, 0.2) is 60.7 Å². The van der Waals surface area contributed by atoms with Crippen LogP contribution in [0.5, 0.6) is 0 Å². The SMILES string of the molecule is Cc1cccc(/C=C/C(=O)N2CCC(C(=O)NCc3ccccc3)CC2)c1. The Labute approximate surface area is 160 Å². The molecule has 0 aliphatic carbocycles. The summed E-state index contributed by atoms with van der Waals surface area (Å²) in [5, 5.41) is 3.01. The van der Waals surface area contributed by atoms with E-state index >= 15 is 0 Å². The van der Waals surface area contributed by atoms with Crippen LogP contribution in [0.25, 0.3) is 6.08 Å². The highest BCUT2D eigenvalue weighted by Crippen LogP contribution is 2.18. The third-order valence-electron chi connectivity index (χ3n) is 4.95. The van der Waals surface area contributed by atoms with Crippen LogP contribution in [-0.4, -0.2) is 29.8 Å². The van der Waals surface area contributed by atoms with E-state index in [2.05, 4.69) is 5.32 Å². The van der Waals surface area contributed by atoms with Crippen LogP contribution < -0.4 is 5.32 Å². The number of hydrogen-bond acceptors (Lipinski definition) is 2. The number of carbonyl (C=O) groups is 2. The summed E-state index contributed by atoms with van der Waals surface area (Å²) in [5.74, 6) is 0.0828. The monoisotopic (exact) mass is 362 g/mol. The molecule has 27 heavy (non-hydrogen) atoms. The number of nitrogens with zero attached hydrogens (tertiary/aromatic N) is 1. The summed E-state index contributed by atoms with van der Waals surface area (Å²) in [7, 11) is 0. The van der Waals surface area contributed by atoms with Crippen molar-refractivity contribution in [3.63, 3.8) is 0 Å². The van der Waals surface area contributed by atoms with E-state index in [-0.39, 0.29) is 17.7 Å². The molecule has 0 bridgehead atoms. The molecular formula is C23H26N2O2. The molecule has 140 valence electrons. The fraction of sp³-hybridized carbons (Fsp3) is 0.304. The van der Waals surface area contributed by atoms with Crippen LogP contribution >= 0.6 is 0 Å². The molecule has 1 fully saturated rings. The van der Waals surface area contributed by atoms with E-state index in [0.29, 0.717) is 32.5 Å². The molecule has 4 nitrogen and oxygen atoms in total. The van der Waals surface area contributed by atoms with Crippen molar-refractivity contribution in [3.05, 3.63) is 77.4 Å². The summed E-state index contributed by atoms with van der Waals surface area (Å²) >= 11 is 0. The molecule has 0 saturated carbocycles. The molecular weight excluding hydrogens is 336 g/mol. The third-order valence-corrected chi connectivity index (χ3v) is 4.95. The van der Waals surface area contributed by atoms with Gasteiger partial charge in [-0.3, -0.25) is 9.59 Å². The number of rotatable bonds is 5. The van der Waals surface area contributed by atoms with Crippen molar-refractivity contribution in [2.45, 2.75) is 26.3 Å². The minimum Gasteiger partial charge on any atom is -0.352 e. The van der Waals surface area contributed by atoms with Gasteiger partial charge in [0, 0.05) is 31.6 Å². The summed E-state index contributed by atoms with van der Waals surface area (Å²) in [6.07, 6.45) is 4.91. The zero-order valence-corrected chi connectivity index (χ0v) is 15.7. The average molecular weight is 362 g/mol. The lowest BCUT2D eigenvalue weighted by molar-refractivity contribution is -0.132. The molecule has 4 heteroatoms. The van der Waals surface area contributed by atoms with Gasteiger partial charge in [-0.2, -0.15) is 0 Å². The number of carbonyl (C=O) groups excluding carboxylic acids is 2. The normalized spacial score (nSPS) is 15.1. The highest BCUT2D eigenvalue weighted by atomic mass is 16.2. The third kappa shape index (κ3) is 5.55. The van der Waals surface area contributed by atoms with E-state index in [4.69, 9.17) is 0 Å². The molecule has 1 aliphatic rings. The minimum atomic E-state index is -0.0153. The first-order chi connectivity index (χ1) is 13.1. The first kappa shape index (κ1) is 18.9. The van der Waals surface area contributed by atoms with Gasteiger partial charge in [0.1, 0.15) is 0 Å². The van der Waals surface area contributed by atoms with Gasteiger partial charge >= 0.3 is 0 Å². The molecule has 0 spiro atoms. The predicted octanol–water partition coefficient (Wildman–Crippen LogP) is 3.56. The molecule has 1 saturated heterocycles. The van der Waals surface area contributed by atoms with Gasteiger partial charge in [0.25, 0.3) is 0 Å². The second-order valence-electron chi connectivity index (χ2n) is 7.05. The fourth-order valence-corrected chi connectivity index (χ4v) is 3.34. The van der Waals surface area contributed by atoms with Crippen molar-refractivity contribution in [2.75, 3.05) is 13.1 Å². The van der Waals surface area contributed by atoms with Gasteiger partial charge in [0.2, 0.25) is 11.8 Å². The summed E-state index contributed by atoms with van der Waals surface area (Å²) in [6, 6.07) is 18.0. The van der Waals surface area contributed by atoms with E-state index in [1.807, 2.05) is 72.5 Å². The lowest BCUT2D eigenvalue weighted by atomic mass is 9.95. The zero-order chi connectivity index (χ0) is 19.1. The lowest BCUT2D eigenvalue weighted by Gasteiger charge is -2.30. The number of piperidine rings is 1. The van der Waals surface area contributed by atoms with E-state index in [9.17, 15) is 9.59 Å². The summed E-state index contributed by atoms with van der Waals surface area (Å²) in [6.45, 7) is 3.84. The van der Waals surface area contributed by atoms with Gasteiger partial charge in [-0.25, -0.2) is 0 Å². The van der Waals surface area contributed by atoms with Crippen LogP contribution in [0.2, 0.25) is 0 Å². The molecule has 3 rings (SSSR count). The number of hydrogen-bond donors (Lipinski definition) is 1. The Bertz CT molecular complexity index is 806. The smallest absolute Gasteiger partial charge is 0.246 e. The van der Waals surface area contributed by atoms with Gasteiger partial charge in [-0.05, 0) is 37.0 Å². The van der Waals surface area contributed by atoms with E-state index < -0.39 is 0 Å². The van der Waals surface area contributed by atoms with Crippen molar-refractivity contribution in [1.29, 1.82) is 0 Å². The highest BCUT2D eigenvalue weighted by Gasteiger charge is 2.26. The maximum atomic E-state index is 12.4. The summed E-state index contributed by atoms with van der Waals surface area (Å²) in [5.41, 5.74) is 3.30. The average Bonchev–Trinajstić information content (AvgIpc) is 2.71.